The van der Waals surface area contributed by atoms with Crippen molar-refractivity contribution < 1.29 is 14.5 Å². The second-order valence-electron chi connectivity index (χ2n) is 6.17. The van der Waals surface area contributed by atoms with Crippen LogP contribution in [0.5, 0.6) is 5.75 Å². The molecule has 0 saturated heterocycles. The van der Waals surface area contributed by atoms with Gasteiger partial charge in [-0.3, -0.25) is 14.9 Å². The Labute approximate surface area is 175 Å². The van der Waals surface area contributed by atoms with Crippen LogP contribution in [-0.2, 0) is 17.9 Å². The molecule has 1 amide bonds. The third-order valence-corrected chi connectivity index (χ3v) is 4.18. The van der Waals surface area contributed by atoms with Crippen LogP contribution < -0.4 is 15.8 Å². The van der Waals surface area contributed by atoms with Crippen molar-refractivity contribution in [2.45, 2.75) is 20.0 Å². The molecule has 3 N–H and O–H groups in total. The molecule has 13 heteroatoms. The summed E-state index contributed by atoms with van der Waals surface area (Å²) in [5.74, 6) is 0.696. The number of carbonyl (C=O) groups is 1. The van der Waals surface area contributed by atoms with Crippen molar-refractivity contribution in [2.24, 2.45) is 0 Å². The number of carbonyl (C=O) groups excluding carboxylic acids is 1. The molecule has 0 aliphatic rings. The number of nitro benzene ring substituents is 1. The predicted molar refractivity (Wildman–Crippen MR) is 106 cm³/mol. The lowest BCUT2D eigenvalue weighted by Gasteiger charge is -2.08. The van der Waals surface area contributed by atoms with Crippen molar-refractivity contribution in [3.05, 3.63) is 62.8 Å². The molecular weight excluding hydrogens is 416 g/mol. The average Bonchev–Trinajstić information content (AvgIpc) is 3.15. The number of nitrogens with two attached hydrogens (primary N) is 1. The first-order chi connectivity index (χ1) is 14.3. The Morgan fingerprint density at radius 1 is 1.43 bits per heavy atom. The molecule has 156 valence electrons. The summed E-state index contributed by atoms with van der Waals surface area (Å²) in [5.41, 5.74) is 6.93. The fourth-order valence-corrected chi connectivity index (χ4v) is 2.64. The number of aryl methyl sites for hydroxylation is 1. The average molecular weight is 433 g/mol. The lowest BCUT2D eigenvalue weighted by Crippen LogP contribution is -2.28. The van der Waals surface area contributed by atoms with E-state index in [1.54, 1.807) is 24.0 Å². The summed E-state index contributed by atoms with van der Waals surface area (Å²) in [6.07, 6.45) is 3.29. The molecule has 3 rings (SSSR count). The van der Waals surface area contributed by atoms with Gasteiger partial charge in [-0.05, 0) is 13.0 Å². The van der Waals surface area contributed by atoms with E-state index in [1.165, 1.54) is 12.1 Å². The van der Waals surface area contributed by atoms with E-state index in [0.29, 0.717) is 29.4 Å². The number of ether oxygens (including phenoxy) is 1. The number of aromatic nitrogens is 5. The summed E-state index contributed by atoms with van der Waals surface area (Å²) in [6, 6.07) is 3.72. The molecular formula is C17H17ClN8O4. The number of nitro groups is 1. The fourth-order valence-electron chi connectivity index (χ4n) is 2.41. The van der Waals surface area contributed by atoms with Gasteiger partial charge in [0.2, 0.25) is 0 Å². The van der Waals surface area contributed by atoms with E-state index in [4.69, 9.17) is 22.1 Å². The Balaban J connectivity index is 1.49. The van der Waals surface area contributed by atoms with Gasteiger partial charge >= 0.3 is 0 Å². The lowest BCUT2D eigenvalue weighted by atomic mass is 10.3. The monoisotopic (exact) mass is 432 g/mol. The van der Waals surface area contributed by atoms with Crippen molar-refractivity contribution in [1.82, 2.24) is 30.3 Å². The van der Waals surface area contributed by atoms with Crippen LogP contribution in [0.2, 0.25) is 5.02 Å². The Hall–Kier alpha value is -3.80. The first kappa shape index (κ1) is 20.9. The number of anilines is 1. The third-order valence-electron chi connectivity index (χ3n) is 3.89. The molecule has 0 radical (unpaired) electrons. The highest BCUT2D eigenvalue weighted by Crippen LogP contribution is 2.28. The van der Waals surface area contributed by atoms with Crippen LogP contribution in [0.15, 0.2) is 30.6 Å². The van der Waals surface area contributed by atoms with Crippen LogP contribution in [0.3, 0.4) is 0 Å². The van der Waals surface area contributed by atoms with E-state index in [0.717, 1.165) is 6.07 Å². The quantitative estimate of drug-likeness (QED) is 0.393. The minimum absolute atomic E-state index is 0.0410. The second-order valence-corrected chi connectivity index (χ2v) is 6.58. The van der Waals surface area contributed by atoms with Crippen molar-refractivity contribution in [3.63, 3.8) is 0 Å². The van der Waals surface area contributed by atoms with E-state index in [-0.39, 0.29) is 29.6 Å². The highest BCUT2D eigenvalue weighted by atomic mass is 35.5. The van der Waals surface area contributed by atoms with E-state index in [1.807, 2.05) is 0 Å². The molecule has 3 aromatic rings. The number of nitrogens with one attached hydrogen (secondary N) is 1. The normalized spacial score (nSPS) is 10.6. The molecule has 12 nitrogen and oxygen atoms in total. The van der Waals surface area contributed by atoms with Gasteiger partial charge in [0.15, 0.2) is 6.61 Å². The van der Waals surface area contributed by atoms with Crippen molar-refractivity contribution >= 4 is 29.0 Å². The van der Waals surface area contributed by atoms with Gasteiger partial charge in [-0.2, -0.15) is 0 Å². The van der Waals surface area contributed by atoms with Gasteiger partial charge in [0, 0.05) is 23.9 Å². The second kappa shape index (κ2) is 9.13. The molecule has 0 unspecified atom stereocenters. The Bertz CT molecular complexity index is 1090. The number of hydrogen-bond acceptors (Lipinski definition) is 9. The van der Waals surface area contributed by atoms with Crippen LogP contribution in [0, 0.1) is 17.0 Å². The number of amides is 1. The summed E-state index contributed by atoms with van der Waals surface area (Å²) in [7, 11) is 0. The summed E-state index contributed by atoms with van der Waals surface area (Å²) >= 11 is 5.92. The SMILES string of the molecule is Cc1ncc(Cn2cc(CNC(=O)COc3ccc([N+](=O)[O-])cc3Cl)nn2)c(N)n1. The molecule has 0 spiro atoms. The predicted octanol–water partition coefficient (Wildman–Crippen LogP) is 1.26. The largest absolute Gasteiger partial charge is 0.482 e. The molecule has 0 saturated carbocycles. The van der Waals surface area contributed by atoms with Gasteiger partial charge < -0.3 is 15.8 Å². The topological polar surface area (TPSA) is 164 Å². The lowest BCUT2D eigenvalue weighted by molar-refractivity contribution is -0.384. The number of hydrogen-bond donors (Lipinski definition) is 2. The van der Waals surface area contributed by atoms with E-state index in [2.05, 4.69) is 25.6 Å². The zero-order valence-corrected chi connectivity index (χ0v) is 16.5. The van der Waals surface area contributed by atoms with Gasteiger partial charge in [-0.25, -0.2) is 14.6 Å². The van der Waals surface area contributed by atoms with E-state index < -0.39 is 10.8 Å². The number of nitrogens with zero attached hydrogens (tertiary/aromatic N) is 6. The van der Waals surface area contributed by atoms with Crippen LogP contribution in [0.4, 0.5) is 11.5 Å². The molecule has 0 aliphatic heterocycles. The highest BCUT2D eigenvalue weighted by Gasteiger charge is 2.12. The zero-order chi connectivity index (χ0) is 21.7. The van der Waals surface area contributed by atoms with Gasteiger partial charge in [0.1, 0.15) is 23.1 Å². The maximum atomic E-state index is 12.0. The summed E-state index contributed by atoms with van der Waals surface area (Å²) in [6.45, 7) is 1.91. The molecule has 2 aromatic heterocycles. The summed E-state index contributed by atoms with van der Waals surface area (Å²) < 4.78 is 6.85. The van der Waals surface area contributed by atoms with Gasteiger partial charge in [-0.1, -0.05) is 16.8 Å². The maximum absolute atomic E-state index is 12.0. The standard InChI is InChI=1S/C17H17ClN8O4/c1-10-20-5-11(17(19)22-10)7-25-8-12(23-24-25)6-21-16(27)9-30-15-3-2-13(26(28)29)4-14(15)18/h2-5,8H,6-7,9H2,1H3,(H,21,27)(H2,19,20,22). The fraction of sp³-hybridized carbons (Fsp3) is 0.235. The third kappa shape index (κ3) is 5.38. The van der Waals surface area contributed by atoms with Crippen LogP contribution in [0.1, 0.15) is 17.1 Å². The maximum Gasteiger partial charge on any atom is 0.271 e. The van der Waals surface area contributed by atoms with E-state index in [9.17, 15) is 14.9 Å². The van der Waals surface area contributed by atoms with Crippen molar-refractivity contribution in [3.8, 4) is 5.75 Å². The highest BCUT2D eigenvalue weighted by molar-refractivity contribution is 6.32. The van der Waals surface area contributed by atoms with Gasteiger partial charge in [0.25, 0.3) is 11.6 Å². The van der Waals surface area contributed by atoms with Gasteiger partial charge in [0.05, 0.1) is 29.2 Å². The van der Waals surface area contributed by atoms with Crippen LogP contribution in [0.25, 0.3) is 0 Å². The zero-order valence-electron chi connectivity index (χ0n) is 15.8. The van der Waals surface area contributed by atoms with Gasteiger partial charge in [-0.15, -0.1) is 5.10 Å². The first-order valence-corrected chi connectivity index (χ1v) is 9.00. The van der Waals surface area contributed by atoms with Crippen LogP contribution >= 0.6 is 11.6 Å². The molecule has 0 bridgehead atoms. The van der Waals surface area contributed by atoms with E-state index >= 15 is 0 Å². The van der Waals surface area contributed by atoms with Crippen molar-refractivity contribution in [1.29, 1.82) is 0 Å². The minimum Gasteiger partial charge on any atom is -0.482 e. The number of nitrogen functional groups attached to an aromatic ring is 1. The smallest absolute Gasteiger partial charge is 0.271 e. The molecule has 0 atom stereocenters. The summed E-state index contributed by atoms with van der Waals surface area (Å²) in [5, 5.41) is 21.3. The Morgan fingerprint density at radius 2 is 2.23 bits per heavy atom. The van der Waals surface area contributed by atoms with Crippen LogP contribution in [-0.4, -0.2) is 42.4 Å². The first-order valence-electron chi connectivity index (χ1n) is 8.62. The number of non-ortho nitro benzene ring substituents is 1. The summed E-state index contributed by atoms with van der Waals surface area (Å²) in [4.78, 5) is 30.3. The molecule has 1 aromatic carbocycles. The number of rotatable bonds is 8. The molecule has 0 aliphatic carbocycles. The van der Waals surface area contributed by atoms with Crippen molar-refractivity contribution in [2.75, 3.05) is 12.3 Å². The minimum atomic E-state index is -0.574. The molecule has 30 heavy (non-hydrogen) atoms. The number of benzene rings is 1. The molecule has 2 heterocycles. The Morgan fingerprint density at radius 3 is 2.93 bits per heavy atom. The Kier molecular flexibility index (Phi) is 6.37. The molecule has 0 fully saturated rings. The number of halogens is 1.